The fourth-order valence-corrected chi connectivity index (χ4v) is 2.70. The minimum Gasteiger partial charge on any atom is -0.493 e. The summed E-state index contributed by atoms with van der Waals surface area (Å²) in [5.74, 6) is 0.901. The molecule has 5 nitrogen and oxygen atoms in total. The van der Waals surface area contributed by atoms with Crippen LogP contribution in [0.25, 0.3) is 0 Å². The van der Waals surface area contributed by atoms with Crippen LogP contribution in [0.2, 0.25) is 5.02 Å². The zero-order valence-electron chi connectivity index (χ0n) is 15.3. The summed E-state index contributed by atoms with van der Waals surface area (Å²) in [4.78, 5) is 12.0. The fourth-order valence-electron chi connectivity index (χ4n) is 2.49. The van der Waals surface area contributed by atoms with Gasteiger partial charge in [-0.15, -0.1) is 0 Å². The van der Waals surface area contributed by atoms with E-state index in [1.165, 1.54) is 0 Å². The van der Waals surface area contributed by atoms with Gasteiger partial charge < -0.3 is 9.47 Å². The molecule has 0 saturated heterocycles. The van der Waals surface area contributed by atoms with E-state index in [2.05, 4.69) is 10.5 Å². The first kappa shape index (κ1) is 19.5. The largest absolute Gasteiger partial charge is 0.493 e. The Morgan fingerprint density at radius 2 is 1.86 bits per heavy atom. The second-order valence-corrected chi connectivity index (χ2v) is 6.33. The Morgan fingerprint density at radius 1 is 1.04 bits per heavy atom. The Hall–Kier alpha value is -3.31. The number of carbonyl (C=O) groups excluding carboxylic acids is 1. The Kier molecular flexibility index (Phi) is 6.65. The van der Waals surface area contributed by atoms with Crippen LogP contribution in [0, 0.1) is 0 Å². The molecule has 0 heterocycles. The van der Waals surface area contributed by atoms with Gasteiger partial charge in [0, 0.05) is 10.6 Å². The van der Waals surface area contributed by atoms with Crippen molar-refractivity contribution in [1.82, 2.24) is 5.43 Å². The highest BCUT2D eigenvalue weighted by atomic mass is 35.5. The molecular weight excluding hydrogens is 376 g/mol. The first-order chi connectivity index (χ1) is 13.7. The van der Waals surface area contributed by atoms with Crippen LogP contribution in [-0.4, -0.2) is 19.2 Å². The van der Waals surface area contributed by atoms with Crippen LogP contribution in [0.4, 0.5) is 0 Å². The van der Waals surface area contributed by atoms with Crippen LogP contribution >= 0.6 is 11.6 Å². The van der Waals surface area contributed by atoms with Gasteiger partial charge in [0.2, 0.25) is 0 Å². The molecule has 0 aromatic heterocycles. The SMILES string of the molecule is COc1cc(/C=N\NC(=O)c2ccccc2)ccc1OCc1cccc(Cl)c1. The molecule has 3 rings (SSSR count). The van der Waals surface area contributed by atoms with E-state index in [1.54, 1.807) is 49.7 Å². The molecule has 0 fully saturated rings. The molecular formula is C22H19ClN2O3. The zero-order valence-corrected chi connectivity index (χ0v) is 16.0. The molecule has 3 aromatic rings. The summed E-state index contributed by atoms with van der Waals surface area (Å²) >= 11 is 5.99. The summed E-state index contributed by atoms with van der Waals surface area (Å²) in [6.45, 7) is 0.373. The van der Waals surface area contributed by atoms with Crippen LogP contribution in [0.15, 0.2) is 77.9 Å². The first-order valence-electron chi connectivity index (χ1n) is 8.59. The monoisotopic (exact) mass is 394 g/mol. The fraction of sp³-hybridized carbons (Fsp3) is 0.0909. The van der Waals surface area contributed by atoms with Crippen LogP contribution in [0.5, 0.6) is 11.5 Å². The number of nitrogens with zero attached hydrogens (tertiary/aromatic N) is 1. The highest BCUT2D eigenvalue weighted by Crippen LogP contribution is 2.28. The second-order valence-electron chi connectivity index (χ2n) is 5.89. The number of carbonyl (C=O) groups is 1. The van der Waals surface area contributed by atoms with E-state index in [0.29, 0.717) is 28.7 Å². The minimum atomic E-state index is -0.273. The first-order valence-corrected chi connectivity index (χ1v) is 8.97. The molecule has 28 heavy (non-hydrogen) atoms. The highest BCUT2D eigenvalue weighted by molar-refractivity contribution is 6.30. The van der Waals surface area contributed by atoms with Crippen molar-refractivity contribution in [3.63, 3.8) is 0 Å². The van der Waals surface area contributed by atoms with Gasteiger partial charge >= 0.3 is 0 Å². The van der Waals surface area contributed by atoms with Crippen LogP contribution in [-0.2, 0) is 6.61 Å². The number of hydrogen-bond donors (Lipinski definition) is 1. The van der Waals surface area contributed by atoms with E-state index in [4.69, 9.17) is 21.1 Å². The predicted octanol–water partition coefficient (Wildman–Crippen LogP) is 4.69. The van der Waals surface area contributed by atoms with E-state index in [9.17, 15) is 4.79 Å². The molecule has 0 aliphatic carbocycles. The van der Waals surface area contributed by atoms with Gasteiger partial charge in [-0.05, 0) is 53.6 Å². The molecule has 0 spiro atoms. The number of hydrazone groups is 1. The van der Waals surface area contributed by atoms with Crippen molar-refractivity contribution in [2.45, 2.75) is 6.61 Å². The highest BCUT2D eigenvalue weighted by Gasteiger charge is 2.06. The number of halogens is 1. The number of rotatable bonds is 7. The van der Waals surface area contributed by atoms with Crippen molar-refractivity contribution in [1.29, 1.82) is 0 Å². The summed E-state index contributed by atoms with van der Waals surface area (Å²) < 4.78 is 11.2. The smallest absolute Gasteiger partial charge is 0.271 e. The maximum atomic E-state index is 12.0. The molecule has 0 saturated carbocycles. The summed E-state index contributed by atoms with van der Waals surface area (Å²) in [6.07, 6.45) is 1.55. The van der Waals surface area contributed by atoms with Crippen LogP contribution < -0.4 is 14.9 Å². The van der Waals surface area contributed by atoms with Gasteiger partial charge in [0.1, 0.15) is 6.61 Å². The number of amides is 1. The standard InChI is InChI=1S/C22H19ClN2O3/c1-27-21-13-16(14-24-25-22(26)18-7-3-2-4-8-18)10-11-20(21)28-15-17-6-5-9-19(23)12-17/h2-14H,15H2,1H3,(H,25,26)/b24-14-. The van der Waals surface area contributed by atoms with Gasteiger partial charge in [-0.25, -0.2) is 5.43 Å². The molecule has 0 aliphatic heterocycles. The lowest BCUT2D eigenvalue weighted by Crippen LogP contribution is -2.17. The van der Waals surface area contributed by atoms with E-state index in [0.717, 1.165) is 11.1 Å². The summed E-state index contributed by atoms with van der Waals surface area (Å²) in [5.41, 5.74) is 4.77. The number of hydrogen-bond acceptors (Lipinski definition) is 4. The lowest BCUT2D eigenvalue weighted by atomic mass is 10.2. The molecule has 1 amide bonds. The Labute approximate surface area is 168 Å². The Balaban J connectivity index is 1.63. The molecule has 0 aliphatic rings. The number of ether oxygens (including phenoxy) is 2. The minimum absolute atomic E-state index is 0.273. The lowest BCUT2D eigenvalue weighted by Gasteiger charge is -2.11. The third kappa shape index (κ3) is 5.34. The molecule has 6 heteroatoms. The molecule has 0 bridgehead atoms. The van der Waals surface area contributed by atoms with E-state index >= 15 is 0 Å². The van der Waals surface area contributed by atoms with Gasteiger partial charge in [-0.2, -0.15) is 5.10 Å². The van der Waals surface area contributed by atoms with Gasteiger partial charge in [0.15, 0.2) is 11.5 Å². The zero-order chi connectivity index (χ0) is 19.8. The van der Waals surface area contributed by atoms with E-state index in [-0.39, 0.29) is 5.91 Å². The molecule has 142 valence electrons. The van der Waals surface area contributed by atoms with Crippen LogP contribution in [0.3, 0.4) is 0 Å². The maximum absolute atomic E-state index is 12.0. The summed E-state index contributed by atoms with van der Waals surface area (Å²) in [7, 11) is 1.57. The molecule has 1 N–H and O–H groups in total. The van der Waals surface area contributed by atoms with Crippen molar-refractivity contribution >= 4 is 23.7 Å². The van der Waals surface area contributed by atoms with Crippen molar-refractivity contribution in [3.05, 3.63) is 94.5 Å². The van der Waals surface area contributed by atoms with Crippen molar-refractivity contribution < 1.29 is 14.3 Å². The summed E-state index contributed by atoms with van der Waals surface area (Å²) in [6, 6.07) is 21.8. The third-order valence-corrected chi connectivity index (χ3v) is 4.12. The molecule has 3 aromatic carbocycles. The third-order valence-electron chi connectivity index (χ3n) is 3.89. The quantitative estimate of drug-likeness (QED) is 0.467. The van der Waals surface area contributed by atoms with Crippen LogP contribution in [0.1, 0.15) is 21.5 Å². The van der Waals surface area contributed by atoms with E-state index in [1.807, 2.05) is 36.4 Å². The number of benzene rings is 3. The second kappa shape index (κ2) is 9.58. The number of nitrogens with one attached hydrogen (secondary N) is 1. The number of methoxy groups -OCH3 is 1. The maximum Gasteiger partial charge on any atom is 0.271 e. The van der Waals surface area contributed by atoms with Crippen molar-refractivity contribution in [3.8, 4) is 11.5 Å². The molecule has 0 atom stereocenters. The average molecular weight is 395 g/mol. The summed E-state index contributed by atoms with van der Waals surface area (Å²) in [5, 5.41) is 4.65. The predicted molar refractivity (Wildman–Crippen MR) is 110 cm³/mol. The van der Waals surface area contributed by atoms with Gasteiger partial charge in [0.05, 0.1) is 13.3 Å². The lowest BCUT2D eigenvalue weighted by molar-refractivity contribution is 0.0955. The topological polar surface area (TPSA) is 59.9 Å². The Morgan fingerprint density at radius 3 is 2.61 bits per heavy atom. The van der Waals surface area contributed by atoms with Crippen molar-refractivity contribution in [2.75, 3.05) is 7.11 Å². The normalized spacial score (nSPS) is 10.6. The van der Waals surface area contributed by atoms with Gasteiger partial charge in [-0.3, -0.25) is 4.79 Å². The van der Waals surface area contributed by atoms with E-state index < -0.39 is 0 Å². The molecule has 0 unspecified atom stereocenters. The Bertz CT molecular complexity index is 975. The van der Waals surface area contributed by atoms with Crippen molar-refractivity contribution in [2.24, 2.45) is 5.10 Å². The van der Waals surface area contributed by atoms with Gasteiger partial charge in [-0.1, -0.05) is 41.9 Å². The van der Waals surface area contributed by atoms with Gasteiger partial charge in [0.25, 0.3) is 5.91 Å². The average Bonchev–Trinajstić information content (AvgIpc) is 2.73. The molecule has 0 radical (unpaired) electrons.